The van der Waals surface area contributed by atoms with Gasteiger partial charge in [0.25, 0.3) is 0 Å². The van der Waals surface area contributed by atoms with Crippen molar-refractivity contribution in [2.75, 3.05) is 5.32 Å². The van der Waals surface area contributed by atoms with E-state index in [1.165, 1.54) is 6.33 Å². The molecule has 0 saturated heterocycles. The number of nitrogens with one attached hydrogen (secondary N) is 1. The van der Waals surface area contributed by atoms with Gasteiger partial charge in [0.1, 0.15) is 6.33 Å². The summed E-state index contributed by atoms with van der Waals surface area (Å²) < 4.78 is 1.64. The van der Waals surface area contributed by atoms with Gasteiger partial charge in [-0.2, -0.15) is 15.3 Å². The maximum atomic E-state index is 8.53. The molecular formula is C6H5N5. The molecule has 2 heterocycles. The lowest BCUT2D eigenvalue weighted by Crippen LogP contribution is -2.12. The minimum absolute atomic E-state index is 0.513. The van der Waals surface area contributed by atoms with Gasteiger partial charge in [0.2, 0.25) is 5.95 Å². The van der Waals surface area contributed by atoms with Crippen LogP contribution in [0.5, 0.6) is 0 Å². The summed E-state index contributed by atoms with van der Waals surface area (Å²) in [7, 11) is 0. The summed E-state index contributed by atoms with van der Waals surface area (Å²) >= 11 is 0. The summed E-state index contributed by atoms with van der Waals surface area (Å²) in [5, 5.41) is 15.3. The SMILES string of the molecule is N#CC1=CNc2ncnn2C1. The van der Waals surface area contributed by atoms with E-state index in [-0.39, 0.29) is 0 Å². The molecule has 5 nitrogen and oxygen atoms in total. The minimum Gasteiger partial charge on any atom is -0.330 e. The molecule has 0 radical (unpaired) electrons. The third-order valence-corrected chi connectivity index (χ3v) is 1.45. The molecule has 1 N–H and O–H groups in total. The van der Waals surface area contributed by atoms with Crippen molar-refractivity contribution in [3.05, 3.63) is 18.1 Å². The molecule has 5 heteroatoms. The molecular weight excluding hydrogens is 142 g/mol. The van der Waals surface area contributed by atoms with Gasteiger partial charge in [-0.15, -0.1) is 0 Å². The third-order valence-electron chi connectivity index (χ3n) is 1.45. The number of nitriles is 1. The van der Waals surface area contributed by atoms with Crippen LogP contribution >= 0.6 is 0 Å². The van der Waals surface area contributed by atoms with E-state index in [2.05, 4.69) is 15.4 Å². The number of anilines is 1. The molecule has 0 unspecified atom stereocenters. The van der Waals surface area contributed by atoms with E-state index in [1.807, 2.05) is 6.07 Å². The molecule has 54 valence electrons. The molecule has 0 amide bonds. The minimum atomic E-state index is 0.513. The fraction of sp³-hybridized carbons (Fsp3) is 0.167. The van der Waals surface area contributed by atoms with E-state index in [0.29, 0.717) is 18.1 Å². The smallest absolute Gasteiger partial charge is 0.225 e. The van der Waals surface area contributed by atoms with Gasteiger partial charge in [0.15, 0.2) is 0 Å². The number of allylic oxidation sites excluding steroid dienone is 1. The second-order valence-electron chi connectivity index (χ2n) is 2.17. The van der Waals surface area contributed by atoms with E-state index in [4.69, 9.17) is 5.26 Å². The van der Waals surface area contributed by atoms with Crippen LogP contribution in [0.2, 0.25) is 0 Å². The number of hydrogen-bond acceptors (Lipinski definition) is 4. The van der Waals surface area contributed by atoms with Gasteiger partial charge in [0, 0.05) is 6.20 Å². The van der Waals surface area contributed by atoms with E-state index < -0.39 is 0 Å². The zero-order valence-corrected chi connectivity index (χ0v) is 5.65. The highest BCUT2D eigenvalue weighted by molar-refractivity contribution is 5.38. The fourth-order valence-corrected chi connectivity index (χ4v) is 0.918. The molecule has 0 aromatic carbocycles. The first-order valence-electron chi connectivity index (χ1n) is 3.13. The highest BCUT2D eigenvalue weighted by atomic mass is 15.4. The van der Waals surface area contributed by atoms with Gasteiger partial charge in [-0.05, 0) is 0 Å². The maximum Gasteiger partial charge on any atom is 0.225 e. The molecule has 0 bridgehead atoms. The Hall–Kier alpha value is -1.83. The van der Waals surface area contributed by atoms with Crippen LogP contribution in [0.4, 0.5) is 5.95 Å². The van der Waals surface area contributed by atoms with Gasteiger partial charge in [-0.25, -0.2) is 4.68 Å². The van der Waals surface area contributed by atoms with Gasteiger partial charge < -0.3 is 5.32 Å². The molecule has 1 aliphatic heterocycles. The molecule has 1 aromatic rings. The van der Waals surface area contributed by atoms with Crippen LogP contribution in [0.1, 0.15) is 0 Å². The van der Waals surface area contributed by atoms with E-state index in [1.54, 1.807) is 10.9 Å². The topological polar surface area (TPSA) is 66.5 Å². The van der Waals surface area contributed by atoms with Crippen molar-refractivity contribution in [3.8, 4) is 6.07 Å². The first-order chi connectivity index (χ1) is 5.40. The lowest BCUT2D eigenvalue weighted by atomic mass is 10.3. The number of rotatable bonds is 0. The highest BCUT2D eigenvalue weighted by Gasteiger charge is 2.09. The van der Waals surface area contributed by atoms with E-state index in [0.717, 1.165) is 0 Å². The molecule has 11 heavy (non-hydrogen) atoms. The summed E-state index contributed by atoms with van der Waals surface area (Å²) in [6.07, 6.45) is 3.10. The van der Waals surface area contributed by atoms with Crippen LogP contribution in [0.3, 0.4) is 0 Å². The normalized spacial score (nSPS) is 14.3. The van der Waals surface area contributed by atoms with Crippen molar-refractivity contribution in [1.82, 2.24) is 14.8 Å². The van der Waals surface area contributed by atoms with Crippen LogP contribution in [0.15, 0.2) is 18.1 Å². The first kappa shape index (κ1) is 5.92. The molecule has 0 fully saturated rings. The van der Waals surface area contributed by atoms with Crippen LogP contribution in [-0.4, -0.2) is 14.8 Å². The second kappa shape index (κ2) is 2.09. The van der Waals surface area contributed by atoms with Gasteiger partial charge in [-0.3, -0.25) is 0 Å². The third kappa shape index (κ3) is 0.846. The summed E-state index contributed by atoms with van der Waals surface area (Å²) in [4.78, 5) is 3.91. The second-order valence-corrected chi connectivity index (χ2v) is 2.17. The average Bonchev–Trinajstić information content (AvgIpc) is 2.50. The Morgan fingerprint density at radius 1 is 1.73 bits per heavy atom. The first-order valence-corrected chi connectivity index (χ1v) is 3.13. The van der Waals surface area contributed by atoms with Gasteiger partial charge in [0.05, 0.1) is 18.2 Å². The van der Waals surface area contributed by atoms with Crippen molar-refractivity contribution >= 4 is 5.95 Å². The van der Waals surface area contributed by atoms with E-state index >= 15 is 0 Å². The number of hydrogen-bond donors (Lipinski definition) is 1. The number of nitrogens with zero attached hydrogens (tertiary/aromatic N) is 4. The Morgan fingerprint density at radius 3 is 3.45 bits per heavy atom. The Bertz CT molecular complexity index is 342. The van der Waals surface area contributed by atoms with Gasteiger partial charge in [-0.1, -0.05) is 0 Å². The zero-order valence-electron chi connectivity index (χ0n) is 5.65. The van der Waals surface area contributed by atoms with Crippen LogP contribution < -0.4 is 5.32 Å². The Kier molecular flexibility index (Phi) is 1.13. The maximum absolute atomic E-state index is 8.53. The predicted molar refractivity (Wildman–Crippen MR) is 37.3 cm³/mol. The standard InChI is InChI=1S/C6H5N5/c7-1-5-2-8-6-9-4-10-11(6)3-5/h2,4H,3H2,(H,8,9,10). The Morgan fingerprint density at radius 2 is 2.64 bits per heavy atom. The van der Waals surface area contributed by atoms with E-state index in [9.17, 15) is 0 Å². The lowest BCUT2D eigenvalue weighted by molar-refractivity contribution is 0.683. The highest BCUT2D eigenvalue weighted by Crippen LogP contribution is 2.10. The van der Waals surface area contributed by atoms with Crippen molar-refractivity contribution in [2.24, 2.45) is 0 Å². The Balaban J connectivity index is 2.35. The molecule has 2 rings (SSSR count). The Labute approximate surface area is 63.0 Å². The molecule has 1 aromatic heterocycles. The van der Waals surface area contributed by atoms with Crippen LogP contribution in [0, 0.1) is 11.3 Å². The fourth-order valence-electron chi connectivity index (χ4n) is 0.918. The van der Waals surface area contributed by atoms with Gasteiger partial charge >= 0.3 is 0 Å². The quantitative estimate of drug-likeness (QED) is 0.565. The summed E-state index contributed by atoms with van der Waals surface area (Å²) in [5.74, 6) is 0.684. The van der Waals surface area contributed by atoms with Crippen LogP contribution in [-0.2, 0) is 6.54 Å². The molecule has 0 spiro atoms. The number of aromatic nitrogens is 3. The van der Waals surface area contributed by atoms with Crippen molar-refractivity contribution in [1.29, 1.82) is 5.26 Å². The molecule has 0 atom stereocenters. The summed E-state index contributed by atoms with van der Waals surface area (Å²) in [6, 6.07) is 2.04. The molecule has 1 aliphatic rings. The predicted octanol–water partition coefficient (Wildman–Crippen LogP) is 0.111. The van der Waals surface area contributed by atoms with Crippen molar-refractivity contribution in [2.45, 2.75) is 6.54 Å². The lowest BCUT2D eigenvalue weighted by Gasteiger charge is -2.09. The summed E-state index contributed by atoms with van der Waals surface area (Å²) in [5.41, 5.74) is 0.656. The van der Waals surface area contributed by atoms with Crippen LogP contribution in [0.25, 0.3) is 0 Å². The molecule has 0 saturated carbocycles. The average molecular weight is 147 g/mol. The summed E-state index contributed by atoms with van der Waals surface area (Å²) in [6.45, 7) is 0.513. The number of fused-ring (bicyclic) bond motifs is 1. The van der Waals surface area contributed by atoms with Crippen molar-refractivity contribution in [3.63, 3.8) is 0 Å². The van der Waals surface area contributed by atoms with Crippen molar-refractivity contribution < 1.29 is 0 Å². The zero-order chi connectivity index (χ0) is 7.68. The largest absolute Gasteiger partial charge is 0.330 e. The molecule has 0 aliphatic carbocycles. The monoisotopic (exact) mass is 147 g/mol.